The fraction of sp³-hybridized carbons (Fsp3) is 0.0667. The van der Waals surface area contributed by atoms with E-state index < -0.39 is 5.97 Å². The molecule has 0 atom stereocenters. The first-order valence-electron chi connectivity index (χ1n) is 6.59. The standard InChI is InChI=1S/C15H13N5O2/c16-8-13-14(11-2-1-7-17-9-11)20(19-18-13)12-5-3-10(4-6-12)15(21)22/h1-7,9H,8,16H2,(H,21,22). The molecule has 7 heteroatoms. The summed E-state index contributed by atoms with van der Waals surface area (Å²) < 4.78 is 1.63. The Balaban J connectivity index is 2.12. The van der Waals surface area contributed by atoms with Gasteiger partial charge in [0, 0.05) is 24.5 Å². The van der Waals surface area contributed by atoms with Gasteiger partial charge in [-0.3, -0.25) is 4.98 Å². The minimum atomic E-state index is -0.972. The molecule has 7 nitrogen and oxygen atoms in total. The lowest BCUT2D eigenvalue weighted by molar-refractivity contribution is 0.0697. The number of hydrogen-bond acceptors (Lipinski definition) is 5. The van der Waals surface area contributed by atoms with Crippen LogP contribution in [0.4, 0.5) is 0 Å². The number of rotatable bonds is 4. The molecule has 0 bridgehead atoms. The Morgan fingerprint density at radius 3 is 2.59 bits per heavy atom. The summed E-state index contributed by atoms with van der Waals surface area (Å²) in [4.78, 5) is 15.0. The minimum Gasteiger partial charge on any atom is -0.478 e. The van der Waals surface area contributed by atoms with Gasteiger partial charge in [-0.2, -0.15) is 0 Å². The monoisotopic (exact) mass is 295 g/mol. The van der Waals surface area contributed by atoms with Gasteiger partial charge in [-0.25, -0.2) is 9.48 Å². The summed E-state index contributed by atoms with van der Waals surface area (Å²) >= 11 is 0. The van der Waals surface area contributed by atoms with Crippen molar-refractivity contribution in [2.45, 2.75) is 6.54 Å². The van der Waals surface area contributed by atoms with Crippen molar-refractivity contribution in [1.82, 2.24) is 20.0 Å². The summed E-state index contributed by atoms with van der Waals surface area (Å²) in [5.41, 5.74) is 8.89. The molecule has 0 spiro atoms. The van der Waals surface area contributed by atoms with Crippen molar-refractivity contribution in [1.29, 1.82) is 0 Å². The lowest BCUT2D eigenvalue weighted by atomic mass is 10.1. The molecule has 0 radical (unpaired) electrons. The van der Waals surface area contributed by atoms with E-state index in [1.807, 2.05) is 12.1 Å². The number of nitrogens with two attached hydrogens (primary N) is 1. The number of benzene rings is 1. The first-order valence-corrected chi connectivity index (χ1v) is 6.59. The summed E-state index contributed by atoms with van der Waals surface area (Å²) in [6, 6.07) is 10.1. The zero-order valence-electron chi connectivity index (χ0n) is 11.5. The van der Waals surface area contributed by atoms with Gasteiger partial charge >= 0.3 is 5.97 Å². The average Bonchev–Trinajstić information content (AvgIpc) is 2.99. The SMILES string of the molecule is NCc1nnn(-c2ccc(C(=O)O)cc2)c1-c1cccnc1. The molecular weight excluding hydrogens is 282 g/mol. The van der Waals surface area contributed by atoms with Crippen LogP contribution in [0.5, 0.6) is 0 Å². The van der Waals surface area contributed by atoms with Crippen molar-refractivity contribution in [2.24, 2.45) is 5.73 Å². The summed E-state index contributed by atoms with van der Waals surface area (Å²) in [5, 5.41) is 17.2. The third kappa shape index (κ3) is 2.45. The van der Waals surface area contributed by atoms with E-state index in [1.54, 1.807) is 29.2 Å². The molecule has 0 aliphatic rings. The number of carbonyl (C=O) groups is 1. The molecule has 22 heavy (non-hydrogen) atoms. The van der Waals surface area contributed by atoms with Crippen molar-refractivity contribution in [3.8, 4) is 16.9 Å². The zero-order chi connectivity index (χ0) is 15.5. The van der Waals surface area contributed by atoms with Gasteiger partial charge < -0.3 is 10.8 Å². The highest BCUT2D eigenvalue weighted by atomic mass is 16.4. The molecule has 3 aromatic rings. The Kier molecular flexibility index (Phi) is 3.63. The van der Waals surface area contributed by atoms with Gasteiger partial charge in [-0.1, -0.05) is 5.21 Å². The highest BCUT2D eigenvalue weighted by Gasteiger charge is 2.15. The molecular formula is C15H13N5O2. The molecule has 0 aliphatic heterocycles. The minimum absolute atomic E-state index is 0.214. The van der Waals surface area contributed by atoms with Gasteiger partial charge in [0.1, 0.15) is 11.4 Å². The average molecular weight is 295 g/mol. The smallest absolute Gasteiger partial charge is 0.335 e. The molecule has 3 N–H and O–H groups in total. The Labute approximate surface area is 126 Å². The van der Waals surface area contributed by atoms with E-state index in [0.29, 0.717) is 11.4 Å². The molecule has 0 fully saturated rings. The van der Waals surface area contributed by atoms with Gasteiger partial charge in [-0.15, -0.1) is 5.10 Å². The second kappa shape index (κ2) is 5.74. The highest BCUT2D eigenvalue weighted by Crippen LogP contribution is 2.24. The molecule has 0 amide bonds. The van der Waals surface area contributed by atoms with Gasteiger partial charge in [0.15, 0.2) is 0 Å². The Morgan fingerprint density at radius 1 is 1.23 bits per heavy atom. The lowest BCUT2D eigenvalue weighted by Crippen LogP contribution is -2.03. The van der Waals surface area contributed by atoms with Gasteiger partial charge in [0.2, 0.25) is 0 Å². The second-order valence-corrected chi connectivity index (χ2v) is 4.59. The molecule has 0 saturated heterocycles. The second-order valence-electron chi connectivity index (χ2n) is 4.59. The van der Waals surface area contributed by atoms with Gasteiger partial charge in [-0.05, 0) is 36.4 Å². The van der Waals surface area contributed by atoms with Crippen LogP contribution in [0, 0.1) is 0 Å². The largest absolute Gasteiger partial charge is 0.478 e. The Bertz CT molecular complexity index is 797. The number of nitrogens with zero attached hydrogens (tertiary/aromatic N) is 4. The molecule has 0 unspecified atom stereocenters. The lowest BCUT2D eigenvalue weighted by Gasteiger charge is -2.08. The Hall–Kier alpha value is -3.06. The van der Waals surface area contributed by atoms with E-state index in [-0.39, 0.29) is 12.1 Å². The maximum absolute atomic E-state index is 10.9. The number of aromatic nitrogens is 4. The van der Waals surface area contributed by atoms with Crippen molar-refractivity contribution in [3.63, 3.8) is 0 Å². The van der Waals surface area contributed by atoms with Crippen LogP contribution >= 0.6 is 0 Å². The maximum Gasteiger partial charge on any atom is 0.335 e. The summed E-state index contributed by atoms with van der Waals surface area (Å²) in [5.74, 6) is -0.972. The first kappa shape index (κ1) is 13.9. The van der Waals surface area contributed by atoms with Crippen LogP contribution < -0.4 is 5.73 Å². The topological polar surface area (TPSA) is 107 Å². The zero-order valence-corrected chi connectivity index (χ0v) is 11.5. The predicted molar refractivity (Wildman–Crippen MR) is 79.4 cm³/mol. The van der Waals surface area contributed by atoms with Crippen molar-refractivity contribution < 1.29 is 9.90 Å². The number of hydrogen-bond donors (Lipinski definition) is 2. The predicted octanol–water partition coefficient (Wildman–Crippen LogP) is 1.49. The quantitative estimate of drug-likeness (QED) is 0.755. The Morgan fingerprint density at radius 2 is 2.00 bits per heavy atom. The van der Waals surface area contributed by atoms with E-state index in [9.17, 15) is 4.79 Å². The van der Waals surface area contributed by atoms with Crippen molar-refractivity contribution >= 4 is 5.97 Å². The third-order valence-corrected chi connectivity index (χ3v) is 3.23. The molecule has 2 heterocycles. The van der Waals surface area contributed by atoms with E-state index in [4.69, 9.17) is 10.8 Å². The number of carboxylic acids is 1. The molecule has 3 rings (SSSR count). The van der Waals surface area contributed by atoms with Crippen molar-refractivity contribution in [3.05, 3.63) is 60.0 Å². The molecule has 110 valence electrons. The van der Waals surface area contributed by atoms with Crippen LogP contribution in [-0.4, -0.2) is 31.1 Å². The van der Waals surface area contributed by atoms with Crippen LogP contribution in [0.3, 0.4) is 0 Å². The number of carboxylic acid groups (broad SMARTS) is 1. The third-order valence-electron chi connectivity index (χ3n) is 3.23. The first-order chi connectivity index (χ1) is 10.7. The van der Waals surface area contributed by atoms with Crippen molar-refractivity contribution in [2.75, 3.05) is 0 Å². The highest BCUT2D eigenvalue weighted by molar-refractivity contribution is 5.87. The van der Waals surface area contributed by atoms with Gasteiger partial charge in [0.25, 0.3) is 0 Å². The van der Waals surface area contributed by atoms with E-state index >= 15 is 0 Å². The summed E-state index contributed by atoms with van der Waals surface area (Å²) in [6.07, 6.45) is 3.39. The van der Waals surface area contributed by atoms with Crippen LogP contribution in [0.15, 0.2) is 48.8 Å². The van der Waals surface area contributed by atoms with E-state index in [0.717, 1.165) is 11.3 Å². The normalized spacial score (nSPS) is 10.6. The number of aromatic carboxylic acids is 1. The molecule has 2 aromatic heterocycles. The van der Waals surface area contributed by atoms with Gasteiger partial charge in [0.05, 0.1) is 11.3 Å². The summed E-state index contributed by atoms with van der Waals surface area (Å²) in [7, 11) is 0. The molecule has 0 saturated carbocycles. The fourth-order valence-corrected chi connectivity index (χ4v) is 2.17. The van der Waals surface area contributed by atoms with Crippen LogP contribution in [0.2, 0.25) is 0 Å². The van der Waals surface area contributed by atoms with Crippen LogP contribution in [0.1, 0.15) is 16.1 Å². The van der Waals surface area contributed by atoms with E-state index in [2.05, 4.69) is 15.3 Å². The van der Waals surface area contributed by atoms with E-state index in [1.165, 1.54) is 12.1 Å². The molecule has 0 aliphatic carbocycles. The van der Waals surface area contributed by atoms with Crippen LogP contribution in [0.25, 0.3) is 16.9 Å². The fourth-order valence-electron chi connectivity index (χ4n) is 2.17. The maximum atomic E-state index is 10.9. The number of pyridine rings is 1. The summed E-state index contributed by atoms with van der Waals surface area (Å²) in [6.45, 7) is 0.247. The molecule has 1 aromatic carbocycles. The van der Waals surface area contributed by atoms with Crippen LogP contribution in [-0.2, 0) is 6.54 Å².